The highest BCUT2D eigenvalue weighted by atomic mass is 16.6. The Balaban J connectivity index is 1.81. The van der Waals surface area contributed by atoms with Crippen molar-refractivity contribution < 1.29 is 9.53 Å². The number of benzene rings is 1. The molecule has 6 heteroatoms. The fraction of sp³-hybridized carbons (Fsp3) is 0.500. The van der Waals surface area contributed by atoms with E-state index in [1.807, 2.05) is 50.6 Å². The Kier molecular flexibility index (Phi) is 4.30. The van der Waals surface area contributed by atoms with Crippen LogP contribution in [0.2, 0.25) is 0 Å². The number of nitrogens with zero attached hydrogens (tertiary/aromatic N) is 3. The normalized spacial score (nSPS) is 15.8. The topological polar surface area (TPSA) is 69.0 Å². The Hall–Kier alpha value is -2.37. The van der Waals surface area contributed by atoms with E-state index in [1.54, 1.807) is 6.33 Å². The minimum Gasteiger partial charge on any atom is -0.444 e. The quantitative estimate of drug-likeness (QED) is 0.929. The zero-order valence-corrected chi connectivity index (χ0v) is 14.6. The van der Waals surface area contributed by atoms with E-state index in [0.29, 0.717) is 5.92 Å². The Morgan fingerprint density at radius 1 is 1.38 bits per heavy atom. The van der Waals surface area contributed by atoms with Crippen molar-refractivity contribution in [3.63, 3.8) is 0 Å². The SMILES string of the molecule is Cn1cnnc1[C@@H](c1cccc(NC(=O)OC(C)(C)C)c1)C1CC1. The zero-order valence-electron chi connectivity index (χ0n) is 14.6. The number of aromatic nitrogens is 3. The number of aryl methyl sites for hydroxylation is 1. The van der Waals surface area contributed by atoms with Gasteiger partial charge in [-0.1, -0.05) is 12.1 Å². The first-order chi connectivity index (χ1) is 11.3. The van der Waals surface area contributed by atoms with Crippen molar-refractivity contribution in [2.24, 2.45) is 13.0 Å². The van der Waals surface area contributed by atoms with Gasteiger partial charge in [0.15, 0.2) is 0 Å². The summed E-state index contributed by atoms with van der Waals surface area (Å²) in [6, 6.07) is 7.90. The molecule has 1 heterocycles. The number of anilines is 1. The van der Waals surface area contributed by atoms with Crippen molar-refractivity contribution >= 4 is 11.8 Å². The Morgan fingerprint density at radius 2 is 2.12 bits per heavy atom. The van der Waals surface area contributed by atoms with Crippen molar-refractivity contribution in [2.75, 3.05) is 5.32 Å². The number of hydrogen-bond donors (Lipinski definition) is 1. The summed E-state index contributed by atoms with van der Waals surface area (Å²) in [5.74, 6) is 1.76. The van der Waals surface area contributed by atoms with E-state index in [2.05, 4.69) is 21.6 Å². The minimum absolute atomic E-state index is 0.206. The van der Waals surface area contributed by atoms with E-state index in [0.717, 1.165) is 17.1 Å². The smallest absolute Gasteiger partial charge is 0.412 e. The second-order valence-electron chi connectivity index (χ2n) is 7.37. The molecule has 0 spiro atoms. The minimum atomic E-state index is -0.517. The van der Waals surface area contributed by atoms with Crippen molar-refractivity contribution in [2.45, 2.75) is 45.1 Å². The molecule has 0 aliphatic heterocycles. The van der Waals surface area contributed by atoms with Gasteiger partial charge in [0.05, 0.1) is 0 Å². The average molecular weight is 328 g/mol. The van der Waals surface area contributed by atoms with Crippen LogP contribution in [0, 0.1) is 5.92 Å². The maximum atomic E-state index is 12.0. The van der Waals surface area contributed by atoms with Crippen LogP contribution < -0.4 is 5.32 Å². The van der Waals surface area contributed by atoms with E-state index >= 15 is 0 Å². The lowest BCUT2D eigenvalue weighted by molar-refractivity contribution is 0.0636. The van der Waals surface area contributed by atoms with Gasteiger partial charge in [0, 0.05) is 18.7 Å². The number of nitrogens with one attached hydrogen (secondary N) is 1. The summed E-state index contributed by atoms with van der Waals surface area (Å²) < 4.78 is 7.29. The molecule has 0 bridgehead atoms. The summed E-state index contributed by atoms with van der Waals surface area (Å²) in [6.45, 7) is 5.54. The lowest BCUT2D eigenvalue weighted by atomic mass is 9.93. The fourth-order valence-electron chi connectivity index (χ4n) is 2.87. The standard InChI is InChI=1S/C18H24N4O2/c1-18(2,3)24-17(23)20-14-7-5-6-13(10-14)15(12-8-9-12)16-21-19-11-22(16)4/h5-7,10-12,15H,8-9H2,1-4H3,(H,20,23)/t15-/m1/s1. The van der Waals surface area contributed by atoms with Gasteiger partial charge in [-0.05, 0) is 57.2 Å². The van der Waals surface area contributed by atoms with E-state index in [4.69, 9.17) is 4.74 Å². The Labute approximate surface area is 142 Å². The van der Waals surface area contributed by atoms with Gasteiger partial charge >= 0.3 is 6.09 Å². The first kappa shape index (κ1) is 16.5. The summed E-state index contributed by atoms with van der Waals surface area (Å²) in [7, 11) is 1.97. The third kappa shape index (κ3) is 3.93. The molecular formula is C18H24N4O2. The van der Waals surface area contributed by atoms with E-state index < -0.39 is 11.7 Å². The first-order valence-electron chi connectivity index (χ1n) is 8.27. The number of carbonyl (C=O) groups is 1. The molecule has 0 saturated heterocycles. The molecule has 1 fully saturated rings. The molecule has 1 N–H and O–H groups in total. The molecule has 1 aromatic heterocycles. The zero-order chi connectivity index (χ0) is 17.3. The van der Waals surface area contributed by atoms with Crippen LogP contribution >= 0.6 is 0 Å². The van der Waals surface area contributed by atoms with Gasteiger partial charge in [-0.3, -0.25) is 5.32 Å². The first-order valence-corrected chi connectivity index (χ1v) is 8.27. The molecular weight excluding hydrogens is 304 g/mol. The van der Waals surface area contributed by atoms with Crippen LogP contribution in [0.3, 0.4) is 0 Å². The highest BCUT2D eigenvalue weighted by Crippen LogP contribution is 2.45. The van der Waals surface area contributed by atoms with E-state index in [-0.39, 0.29) is 5.92 Å². The lowest BCUT2D eigenvalue weighted by Crippen LogP contribution is -2.27. The number of ether oxygens (including phenoxy) is 1. The molecule has 1 saturated carbocycles. The summed E-state index contributed by atoms with van der Waals surface area (Å²) >= 11 is 0. The van der Waals surface area contributed by atoms with E-state index in [9.17, 15) is 4.79 Å². The molecule has 1 aliphatic rings. The monoisotopic (exact) mass is 328 g/mol. The summed E-state index contributed by atoms with van der Waals surface area (Å²) in [5, 5.41) is 11.1. The second-order valence-corrected chi connectivity index (χ2v) is 7.37. The Morgan fingerprint density at radius 3 is 2.71 bits per heavy atom. The molecule has 3 rings (SSSR count). The lowest BCUT2D eigenvalue weighted by Gasteiger charge is -2.20. The summed E-state index contributed by atoms with van der Waals surface area (Å²) in [6.07, 6.45) is 3.68. The van der Waals surface area contributed by atoms with Crippen molar-refractivity contribution in [1.29, 1.82) is 0 Å². The van der Waals surface area contributed by atoms with Crippen LogP contribution in [0.1, 0.15) is 50.9 Å². The molecule has 6 nitrogen and oxygen atoms in total. The van der Waals surface area contributed by atoms with Gasteiger partial charge in [-0.15, -0.1) is 10.2 Å². The number of amides is 1. The number of carbonyl (C=O) groups excluding carboxylic acids is 1. The molecule has 128 valence electrons. The van der Waals surface area contributed by atoms with Crippen LogP contribution in [0.25, 0.3) is 0 Å². The van der Waals surface area contributed by atoms with Gasteiger partial charge < -0.3 is 9.30 Å². The third-order valence-electron chi connectivity index (χ3n) is 4.01. The van der Waals surface area contributed by atoms with Crippen LogP contribution in [-0.2, 0) is 11.8 Å². The highest BCUT2D eigenvalue weighted by molar-refractivity contribution is 5.85. The highest BCUT2D eigenvalue weighted by Gasteiger charge is 2.36. The molecule has 1 aromatic carbocycles. The van der Waals surface area contributed by atoms with Gasteiger partial charge in [0.1, 0.15) is 17.8 Å². The van der Waals surface area contributed by atoms with Crippen LogP contribution in [-0.4, -0.2) is 26.5 Å². The largest absolute Gasteiger partial charge is 0.444 e. The predicted octanol–water partition coefficient (Wildman–Crippen LogP) is 3.70. The molecule has 1 amide bonds. The number of rotatable bonds is 4. The molecule has 1 aliphatic carbocycles. The van der Waals surface area contributed by atoms with Gasteiger partial charge in [-0.2, -0.15) is 0 Å². The third-order valence-corrected chi connectivity index (χ3v) is 4.01. The average Bonchev–Trinajstić information content (AvgIpc) is 3.21. The molecule has 0 radical (unpaired) electrons. The van der Waals surface area contributed by atoms with Crippen molar-refractivity contribution in [3.8, 4) is 0 Å². The number of hydrogen-bond acceptors (Lipinski definition) is 4. The van der Waals surface area contributed by atoms with E-state index in [1.165, 1.54) is 12.8 Å². The maximum absolute atomic E-state index is 12.0. The second kappa shape index (κ2) is 6.26. The Bertz CT molecular complexity index is 729. The van der Waals surface area contributed by atoms with Crippen molar-refractivity contribution in [3.05, 3.63) is 42.0 Å². The summed E-state index contributed by atoms with van der Waals surface area (Å²) in [4.78, 5) is 12.0. The molecule has 24 heavy (non-hydrogen) atoms. The predicted molar refractivity (Wildman–Crippen MR) is 91.9 cm³/mol. The summed E-state index contributed by atoms with van der Waals surface area (Å²) in [5.41, 5.74) is 1.35. The van der Waals surface area contributed by atoms with Crippen LogP contribution in [0.15, 0.2) is 30.6 Å². The van der Waals surface area contributed by atoms with Crippen molar-refractivity contribution in [1.82, 2.24) is 14.8 Å². The van der Waals surface area contributed by atoms with Crippen LogP contribution in [0.4, 0.5) is 10.5 Å². The maximum Gasteiger partial charge on any atom is 0.412 e. The molecule has 2 aromatic rings. The molecule has 1 atom stereocenters. The fourth-order valence-corrected chi connectivity index (χ4v) is 2.87. The molecule has 0 unspecified atom stereocenters. The van der Waals surface area contributed by atoms with Gasteiger partial charge in [0.25, 0.3) is 0 Å². The van der Waals surface area contributed by atoms with Gasteiger partial charge in [-0.25, -0.2) is 4.79 Å². The van der Waals surface area contributed by atoms with Gasteiger partial charge in [0.2, 0.25) is 0 Å². The van der Waals surface area contributed by atoms with Crippen LogP contribution in [0.5, 0.6) is 0 Å².